The van der Waals surface area contributed by atoms with Crippen molar-refractivity contribution in [2.45, 2.75) is 0 Å². The molecule has 20 rings (SSSR count). The first kappa shape index (κ1) is 46.4. The highest BCUT2D eigenvalue weighted by Gasteiger charge is 2.27. The summed E-state index contributed by atoms with van der Waals surface area (Å²) in [5, 5.41) is 26.3. The van der Waals surface area contributed by atoms with Crippen molar-refractivity contribution >= 4 is 146 Å². The zero-order valence-corrected chi connectivity index (χ0v) is 46.5. The Balaban J connectivity index is 0.000000105. The van der Waals surface area contributed by atoms with Crippen LogP contribution in [0.15, 0.2) is 284 Å². The molecule has 2 aliphatic carbocycles. The van der Waals surface area contributed by atoms with E-state index in [1.54, 1.807) is 0 Å². The largest absolute Gasteiger partial charge is 0.354 e. The summed E-state index contributed by atoms with van der Waals surface area (Å²) in [4.78, 5) is 3.63. The van der Waals surface area contributed by atoms with Crippen LogP contribution in [0.2, 0.25) is 0 Å². The van der Waals surface area contributed by atoms with Gasteiger partial charge in [-0.3, -0.25) is 0 Å². The number of hydrogen-bond donors (Lipinski definition) is 1. The van der Waals surface area contributed by atoms with Crippen molar-refractivity contribution in [3.63, 3.8) is 0 Å². The molecule has 0 unspecified atom stereocenters. The fourth-order valence-electron chi connectivity index (χ4n) is 14.7. The molecule has 18 aromatic rings. The summed E-state index contributed by atoms with van der Waals surface area (Å²) in [5.74, 6) is 0. The Morgan fingerprint density at radius 1 is 0.241 bits per heavy atom. The van der Waals surface area contributed by atoms with Gasteiger partial charge in [-0.05, 0) is 168 Å². The summed E-state index contributed by atoms with van der Waals surface area (Å²) in [5.41, 5.74) is 16.9. The SMILES string of the molecule is Brc1ccc2c3ccccc3c3ccccc3c2c1.c1ccc2c(c1)-c1cccc3c1c-2cc1c2ccccc2[nH]c31.c1ccc2c(c1)-c1cccc3c1c-2cc1c2ccccc2n(-c2ccc4c5ccccc5c5ccccc5c4c2)c31. The van der Waals surface area contributed by atoms with Crippen LogP contribution in [-0.2, 0) is 0 Å². The molecule has 16 aromatic carbocycles. The summed E-state index contributed by atoms with van der Waals surface area (Å²) in [6, 6.07) is 102. The predicted molar refractivity (Wildman–Crippen MR) is 360 cm³/mol. The van der Waals surface area contributed by atoms with Crippen LogP contribution < -0.4 is 0 Å². The Hall–Kier alpha value is -10.3. The van der Waals surface area contributed by atoms with Crippen molar-refractivity contribution in [3.8, 4) is 50.2 Å². The lowest BCUT2D eigenvalue weighted by Crippen LogP contribution is -1.95. The number of hydrogen-bond acceptors (Lipinski definition) is 0. The number of aromatic amines is 1. The minimum atomic E-state index is 1.13. The second kappa shape index (κ2) is 17.8. The molecular formula is C80H47BrN2. The maximum absolute atomic E-state index is 3.63. The number of para-hydroxylation sites is 2. The van der Waals surface area contributed by atoms with Crippen LogP contribution in [0.4, 0.5) is 0 Å². The fourth-order valence-corrected chi connectivity index (χ4v) is 15.0. The van der Waals surface area contributed by atoms with Crippen LogP contribution in [0.3, 0.4) is 0 Å². The van der Waals surface area contributed by atoms with Crippen LogP contribution in [0, 0.1) is 0 Å². The van der Waals surface area contributed by atoms with Gasteiger partial charge in [-0.15, -0.1) is 0 Å². The Morgan fingerprint density at radius 2 is 0.627 bits per heavy atom. The number of benzene rings is 16. The van der Waals surface area contributed by atoms with Gasteiger partial charge in [0.1, 0.15) is 0 Å². The van der Waals surface area contributed by atoms with Gasteiger partial charge in [0.05, 0.1) is 16.6 Å². The van der Waals surface area contributed by atoms with Crippen molar-refractivity contribution in [1.82, 2.24) is 9.55 Å². The van der Waals surface area contributed by atoms with E-state index in [9.17, 15) is 0 Å². The van der Waals surface area contributed by atoms with Gasteiger partial charge in [-0.1, -0.05) is 246 Å². The van der Waals surface area contributed by atoms with Gasteiger partial charge >= 0.3 is 0 Å². The lowest BCUT2D eigenvalue weighted by Gasteiger charge is -2.15. The Kier molecular flexibility index (Phi) is 9.98. The zero-order chi connectivity index (χ0) is 54.4. The van der Waals surface area contributed by atoms with E-state index in [4.69, 9.17) is 0 Å². The van der Waals surface area contributed by atoms with E-state index in [0.717, 1.165) is 4.47 Å². The summed E-state index contributed by atoms with van der Waals surface area (Å²) in [7, 11) is 0. The maximum Gasteiger partial charge on any atom is 0.0620 e. The van der Waals surface area contributed by atoms with Gasteiger partial charge < -0.3 is 9.55 Å². The monoisotopic (exact) mass is 1110 g/mol. The van der Waals surface area contributed by atoms with Crippen LogP contribution in [-0.4, -0.2) is 9.55 Å². The second-order valence-electron chi connectivity index (χ2n) is 22.3. The number of H-pyrrole nitrogens is 1. The van der Waals surface area contributed by atoms with Crippen molar-refractivity contribution in [2.75, 3.05) is 0 Å². The van der Waals surface area contributed by atoms with Crippen LogP contribution in [0.1, 0.15) is 0 Å². The molecule has 0 amide bonds. The summed E-state index contributed by atoms with van der Waals surface area (Å²) in [6.45, 7) is 0. The van der Waals surface area contributed by atoms with E-state index in [2.05, 4.69) is 305 Å². The minimum absolute atomic E-state index is 1.13. The fraction of sp³-hybridized carbons (Fsp3) is 0. The highest BCUT2D eigenvalue weighted by Crippen LogP contribution is 2.53. The molecule has 3 heteroatoms. The first-order valence-electron chi connectivity index (χ1n) is 28.6. The number of halogens is 1. The van der Waals surface area contributed by atoms with Crippen molar-refractivity contribution in [1.29, 1.82) is 0 Å². The van der Waals surface area contributed by atoms with E-state index >= 15 is 0 Å². The van der Waals surface area contributed by atoms with E-state index in [0.29, 0.717) is 0 Å². The second-order valence-corrected chi connectivity index (χ2v) is 23.3. The molecule has 2 heterocycles. The molecule has 1 N–H and O–H groups in total. The molecule has 0 saturated carbocycles. The van der Waals surface area contributed by atoms with Crippen molar-refractivity contribution in [2.24, 2.45) is 0 Å². The quantitative estimate of drug-likeness (QED) is 0.158. The van der Waals surface area contributed by atoms with Crippen LogP contribution in [0.25, 0.3) is 180 Å². The summed E-state index contributed by atoms with van der Waals surface area (Å²) in [6.07, 6.45) is 0. The normalized spacial score (nSPS) is 12.2. The lowest BCUT2D eigenvalue weighted by atomic mass is 9.94. The first-order valence-corrected chi connectivity index (χ1v) is 29.4. The molecule has 0 radical (unpaired) electrons. The Labute approximate surface area is 485 Å². The molecule has 0 spiro atoms. The number of nitrogens with one attached hydrogen (secondary N) is 1. The highest BCUT2D eigenvalue weighted by molar-refractivity contribution is 9.10. The van der Waals surface area contributed by atoms with E-state index in [1.807, 2.05) is 0 Å². The molecule has 0 fully saturated rings. The van der Waals surface area contributed by atoms with Crippen LogP contribution in [0.5, 0.6) is 0 Å². The van der Waals surface area contributed by atoms with E-state index in [-0.39, 0.29) is 0 Å². The smallest absolute Gasteiger partial charge is 0.0620 e. The third-order valence-electron chi connectivity index (χ3n) is 18.1. The van der Waals surface area contributed by atoms with E-state index < -0.39 is 0 Å². The minimum Gasteiger partial charge on any atom is -0.354 e. The molecule has 0 aliphatic heterocycles. The average Bonchev–Trinajstić information content (AvgIpc) is 1.85. The maximum atomic E-state index is 3.63. The van der Waals surface area contributed by atoms with E-state index in [1.165, 1.54) is 180 Å². The molecule has 2 aromatic heterocycles. The molecule has 2 nitrogen and oxygen atoms in total. The standard InChI is InChI=1S/C40H23N.C22H13N.C18H11Br/c1-2-12-27-25(10-1)26-11-3-5-14-29(26)35-22-24(20-21-31(27)35)41-38-19-8-7-16-32(38)37-23-36-30-15-6-4-13-28(30)33-17-9-18-34(39(33)36)40(37)41;1-2-7-14-13(6-1)16-9-5-10-17-21(16)18(14)12-19-15-8-3-4-11-20(15)23-22(17)19;19-12-9-10-17-15-7-2-1-5-13(15)14-6-3-4-8-16(14)18(17)11-12/h1-23H;1-12,23H;1-11H. The highest BCUT2D eigenvalue weighted by atomic mass is 79.9. The van der Waals surface area contributed by atoms with Gasteiger partial charge in [0.15, 0.2) is 0 Å². The predicted octanol–water partition coefficient (Wildman–Crippen LogP) is 23.1. The summed E-state index contributed by atoms with van der Waals surface area (Å²) >= 11 is 3.58. The van der Waals surface area contributed by atoms with Gasteiger partial charge in [0.2, 0.25) is 0 Å². The lowest BCUT2D eigenvalue weighted by molar-refractivity contribution is 1.19. The summed E-state index contributed by atoms with van der Waals surface area (Å²) < 4.78 is 3.63. The Morgan fingerprint density at radius 3 is 1.19 bits per heavy atom. The van der Waals surface area contributed by atoms with Gasteiger partial charge in [0, 0.05) is 48.0 Å². The van der Waals surface area contributed by atoms with Crippen molar-refractivity contribution < 1.29 is 0 Å². The average molecular weight is 1120 g/mol. The van der Waals surface area contributed by atoms with Gasteiger partial charge in [0.25, 0.3) is 0 Å². The zero-order valence-electron chi connectivity index (χ0n) is 44.9. The Bertz CT molecular complexity index is 5770. The molecule has 0 saturated heterocycles. The molecule has 2 aliphatic rings. The first-order chi connectivity index (χ1) is 41.1. The van der Waals surface area contributed by atoms with Gasteiger partial charge in [-0.2, -0.15) is 0 Å². The molecule has 83 heavy (non-hydrogen) atoms. The third kappa shape index (κ3) is 6.71. The van der Waals surface area contributed by atoms with Gasteiger partial charge in [-0.25, -0.2) is 0 Å². The molecule has 384 valence electrons. The number of aromatic nitrogens is 2. The molecular weight excluding hydrogens is 1070 g/mol. The number of rotatable bonds is 1. The molecule has 0 bridgehead atoms. The third-order valence-corrected chi connectivity index (χ3v) is 18.6. The number of nitrogens with zero attached hydrogens (tertiary/aromatic N) is 1. The van der Waals surface area contributed by atoms with Crippen molar-refractivity contribution in [3.05, 3.63) is 284 Å². The van der Waals surface area contributed by atoms with Crippen LogP contribution >= 0.6 is 15.9 Å². The number of fused-ring (bicyclic) bond motifs is 26. The topological polar surface area (TPSA) is 20.7 Å². The molecule has 0 atom stereocenters.